The molecular formula is C23H24N2OS. The standard InChI is InChI=1S/C23H24N2OS/c1-3-17-9-13-20(14-10-17)24-23(27)25-22(18-7-5-4-6-8-18)19-11-15-21(26-2)16-12-19/h4-16,22H,3H2,1-2H3,(H2,24,25,27)/t22-/m1/s1. The van der Waals surface area contributed by atoms with Crippen molar-refractivity contribution in [2.45, 2.75) is 19.4 Å². The van der Waals surface area contributed by atoms with Crippen molar-refractivity contribution in [2.75, 3.05) is 12.4 Å². The number of methoxy groups -OCH3 is 1. The number of rotatable bonds is 6. The van der Waals surface area contributed by atoms with Crippen LogP contribution < -0.4 is 15.4 Å². The maximum Gasteiger partial charge on any atom is 0.171 e. The summed E-state index contributed by atoms with van der Waals surface area (Å²) in [6.07, 6.45) is 1.02. The predicted octanol–water partition coefficient (Wildman–Crippen LogP) is 5.33. The van der Waals surface area contributed by atoms with Gasteiger partial charge in [-0.05, 0) is 59.6 Å². The molecule has 0 fully saturated rings. The fraction of sp³-hybridized carbons (Fsp3) is 0.174. The van der Waals surface area contributed by atoms with Gasteiger partial charge in [0.25, 0.3) is 0 Å². The molecule has 0 heterocycles. The van der Waals surface area contributed by atoms with Gasteiger partial charge in [0.15, 0.2) is 5.11 Å². The van der Waals surface area contributed by atoms with E-state index in [1.807, 2.05) is 30.3 Å². The maximum atomic E-state index is 5.58. The number of benzene rings is 3. The Labute approximate surface area is 166 Å². The van der Waals surface area contributed by atoms with Crippen LogP contribution in [0.5, 0.6) is 5.75 Å². The molecule has 0 saturated heterocycles. The summed E-state index contributed by atoms with van der Waals surface area (Å²) < 4.78 is 5.28. The van der Waals surface area contributed by atoms with Gasteiger partial charge in [0, 0.05) is 5.69 Å². The third kappa shape index (κ3) is 5.08. The van der Waals surface area contributed by atoms with Crippen molar-refractivity contribution < 1.29 is 4.74 Å². The molecule has 4 heteroatoms. The van der Waals surface area contributed by atoms with E-state index in [0.29, 0.717) is 5.11 Å². The maximum absolute atomic E-state index is 5.58. The Morgan fingerprint density at radius 1 is 0.889 bits per heavy atom. The highest BCUT2D eigenvalue weighted by Crippen LogP contribution is 2.24. The summed E-state index contributed by atoms with van der Waals surface area (Å²) >= 11 is 5.58. The van der Waals surface area contributed by atoms with Gasteiger partial charge in [-0.15, -0.1) is 0 Å². The van der Waals surface area contributed by atoms with Crippen molar-refractivity contribution in [3.05, 3.63) is 95.6 Å². The lowest BCUT2D eigenvalue weighted by Gasteiger charge is -2.22. The Bertz CT molecular complexity index is 861. The fourth-order valence-electron chi connectivity index (χ4n) is 2.92. The van der Waals surface area contributed by atoms with E-state index in [1.165, 1.54) is 5.56 Å². The first kappa shape index (κ1) is 18.9. The van der Waals surface area contributed by atoms with Crippen molar-refractivity contribution in [1.29, 1.82) is 0 Å². The zero-order chi connectivity index (χ0) is 19.1. The van der Waals surface area contributed by atoms with E-state index in [-0.39, 0.29) is 6.04 Å². The second-order valence-corrected chi connectivity index (χ2v) is 6.67. The minimum absolute atomic E-state index is 0.0491. The number of hydrogen-bond acceptors (Lipinski definition) is 2. The minimum Gasteiger partial charge on any atom is -0.497 e. The Balaban J connectivity index is 1.78. The molecule has 2 N–H and O–H groups in total. The highest BCUT2D eigenvalue weighted by molar-refractivity contribution is 7.80. The second-order valence-electron chi connectivity index (χ2n) is 6.27. The van der Waals surface area contributed by atoms with E-state index in [4.69, 9.17) is 17.0 Å². The summed E-state index contributed by atoms with van der Waals surface area (Å²) in [7, 11) is 1.67. The van der Waals surface area contributed by atoms with Gasteiger partial charge in [-0.3, -0.25) is 0 Å². The van der Waals surface area contributed by atoms with Gasteiger partial charge < -0.3 is 15.4 Å². The normalized spacial score (nSPS) is 11.5. The molecule has 0 radical (unpaired) electrons. The monoisotopic (exact) mass is 376 g/mol. The zero-order valence-corrected chi connectivity index (χ0v) is 16.4. The van der Waals surface area contributed by atoms with Crippen LogP contribution >= 0.6 is 12.2 Å². The Morgan fingerprint density at radius 3 is 2.11 bits per heavy atom. The summed E-state index contributed by atoms with van der Waals surface area (Å²) in [5.74, 6) is 0.835. The lowest BCUT2D eigenvalue weighted by atomic mass is 9.99. The molecule has 3 rings (SSSR count). The smallest absolute Gasteiger partial charge is 0.171 e. The van der Waals surface area contributed by atoms with Crippen molar-refractivity contribution in [1.82, 2.24) is 5.32 Å². The Kier molecular flexibility index (Phi) is 6.44. The van der Waals surface area contributed by atoms with E-state index >= 15 is 0 Å². The molecular weight excluding hydrogens is 352 g/mol. The molecule has 0 bridgehead atoms. The summed E-state index contributed by atoms with van der Waals surface area (Å²) in [4.78, 5) is 0. The first-order valence-electron chi connectivity index (χ1n) is 9.05. The van der Waals surface area contributed by atoms with E-state index in [0.717, 1.165) is 29.0 Å². The largest absolute Gasteiger partial charge is 0.497 e. The topological polar surface area (TPSA) is 33.3 Å². The van der Waals surface area contributed by atoms with Gasteiger partial charge in [-0.25, -0.2) is 0 Å². The highest BCUT2D eigenvalue weighted by Gasteiger charge is 2.15. The molecule has 3 aromatic rings. The Morgan fingerprint density at radius 2 is 1.52 bits per heavy atom. The molecule has 3 nitrogen and oxygen atoms in total. The third-order valence-corrected chi connectivity index (χ3v) is 4.70. The van der Waals surface area contributed by atoms with Gasteiger partial charge >= 0.3 is 0 Å². The van der Waals surface area contributed by atoms with Crippen LogP contribution in [-0.2, 0) is 6.42 Å². The van der Waals surface area contributed by atoms with Gasteiger partial charge in [0.05, 0.1) is 13.2 Å². The van der Waals surface area contributed by atoms with Crippen LogP contribution in [0.3, 0.4) is 0 Å². The first-order chi connectivity index (χ1) is 13.2. The highest BCUT2D eigenvalue weighted by atomic mass is 32.1. The number of anilines is 1. The van der Waals surface area contributed by atoms with Crippen LogP contribution in [0.25, 0.3) is 0 Å². The Hall–Kier alpha value is -2.85. The van der Waals surface area contributed by atoms with Crippen LogP contribution in [0.1, 0.15) is 29.7 Å². The average molecular weight is 377 g/mol. The van der Waals surface area contributed by atoms with E-state index in [9.17, 15) is 0 Å². The van der Waals surface area contributed by atoms with Gasteiger partial charge in [-0.1, -0.05) is 61.5 Å². The SMILES string of the molecule is CCc1ccc(NC(=S)N[C@H](c2ccccc2)c2ccc(OC)cc2)cc1. The molecule has 0 aromatic heterocycles. The van der Waals surface area contributed by atoms with Crippen LogP contribution in [0.15, 0.2) is 78.9 Å². The summed E-state index contributed by atoms with van der Waals surface area (Å²) in [5.41, 5.74) is 4.55. The summed E-state index contributed by atoms with van der Waals surface area (Å²) in [6.45, 7) is 2.15. The van der Waals surface area contributed by atoms with E-state index in [2.05, 4.69) is 66.1 Å². The number of thiocarbonyl (C=S) groups is 1. The van der Waals surface area contributed by atoms with Gasteiger partial charge in [-0.2, -0.15) is 0 Å². The second kappa shape index (κ2) is 9.19. The zero-order valence-electron chi connectivity index (χ0n) is 15.6. The molecule has 138 valence electrons. The number of aryl methyl sites for hydroxylation is 1. The number of nitrogens with one attached hydrogen (secondary N) is 2. The minimum atomic E-state index is -0.0491. The van der Waals surface area contributed by atoms with Crippen LogP contribution in [0, 0.1) is 0 Å². The van der Waals surface area contributed by atoms with Crippen LogP contribution in [0.2, 0.25) is 0 Å². The molecule has 27 heavy (non-hydrogen) atoms. The molecule has 0 aliphatic carbocycles. The lowest BCUT2D eigenvalue weighted by Crippen LogP contribution is -2.33. The van der Waals surface area contributed by atoms with Crippen molar-refractivity contribution >= 4 is 23.0 Å². The van der Waals surface area contributed by atoms with Crippen molar-refractivity contribution in [3.8, 4) is 5.75 Å². The molecule has 0 unspecified atom stereocenters. The van der Waals surface area contributed by atoms with Crippen LogP contribution in [-0.4, -0.2) is 12.2 Å². The number of hydrogen-bond donors (Lipinski definition) is 2. The molecule has 1 atom stereocenters. The molecule has 0 amide bonds. The molecule has 0 aliphatic heterocycles. The van der Waals surface area contributed by atoms with E-state index in [1.54, 1.807) is 7.11 Å². The van der Waals surface area contributed by atoms with Gasteiger partial charge in [0.1, 0.15) is 5.75 Å². The lowest BCUT2D eigenvalue weighted by molar-refractivity contribution is 0.414. The molecule has 0 spiro atoms. The first-order valence-corrected chi connectivity index (χ1v) is 9.45. The molecule has 3 aromatic carbocycles. The number of ether oxygens (including phenoxy) is 1. The third-order valence-electron chi connectivity index (χ3n) is 4.48. The fourth-order valence-corrected chi connectivity index (χ4v) is 3.16. The molecule has 0 aliphatic rings. The summed E-state index contributed by atoms with van der Waals surface area (Å²) in [5, 5.41) is 7.31. The van der Waals surface area contributed by atoms with Crippen molar-refractivity contribution in [2.24, 2.45) is 0 Å². The summed E-state index contributed by atoms with van der Waals surface area (Å²) in [6, 6.07) is 26.6. The quantitative estimate of drug-likeness (QED) is 0.570. The predicted molar refractivity (Wildman–Crippen MR) is 116 cm³/mol. The van der Waals surface area contributed by atoms with E-state index < -0.39 is 0 Å². The van der Waals surface area contributed by atoms with Gasteiger partial charge in [0.2, 0.25) is 0 Å². The van der Waals surface area contributed by atoms with Crippen molar-refractivity contribution in [3.63, 3.8) is 0 Å². The van der Waals surface area contributed by atoms with Crippen LogP contribution in [0.4, 0.5) is 5.69 Å². The molecule has 0 saturated carbocycles. The average Bonchev–Trinajstić information content (AvgIpc) is 2.73.